The topological polar surface area (TPSA) is 101 Å². The van der Waals surface area contributed by atoms with E-state index >= 15 is 0 Å². The number of carbonyl (C=O) groups is 2. The fraction of sp³-hybridized carbons (Fsp3) is 0.174. The van der Waals surface area contributed by atoms with Gasteiger partial charge in [0, 0.05) is 35.1 Å². The summed E-state index contributed by atoms with van der Waals surface area (Å²) in [4.78, 5) is 34.9. The van der Waals surface area contributed by atoms with Crippen molar-refractivity contribution in [3.05, 3.63) is 63.6 Å². The SMILES string of the molecule is NC(=O)c1cc(-c2ccc(Cl)c(Cl)c2)nc2c1[nH]c1cc(C(=O)N3CCOCC3)ccc12. The van der Waals surface area contributed by atoms with Gasteiger partial charge < -0.3 is 20.4 Å². The quantitative estimate of drug-likeness (QED) is 0.468. The lowest BCUT2D eigenvalue weighted by molar-refractivity contribution is 0.0303. The van der Waals surface area contributed by atoms with Gasteiger partial charge in [0.05, 0.1) is 45.5 Å². The molecule has 0 unspecified atom stereocenters. The number of fused-ring (bicyclic) bond motifs is 3. The second kappa shape index (κ2) is 8.09. The number of nitrogens with one attached hydrogen (secondary N) is 1. The van der Waals surface area contributed by atoms with Crippen LogP contribution in [-0.4, -0.2) is 53.0 Å². The van der Waals surface area contributed by atoms with Gasteiger partial charge in [-0.1, -0.05) is 29.3 Å². The average Bonchev–Trinajstić information content (AvgIpc) is 3.18. The smallest absolute Gasteiger partial charge is 0.254 e. The third-order valence-electron chi connectivity index (χ3n) is 5.58. The van der Waals surface area contributed by atoms with E-state index in [1.54, 1.807) is 41.3 Å². The Morgan fingerprint density at radius 2 is 1.81 bits per heavy atom. The fourth-order valence-electron chi connectivity index (χ4n) is 3.94. The highest BCUT2D eigenvalue weighted by Gasteiger charge is 2.21. The molecule has 32 heavy (non-hydrogen) atoms. The second-order valence-electron chi connectivity index (χ2n) is 7.56. The minimum atomic E-state index is -0.588. The molecule has 0 aliphatic carbocycles. The Balaban J connectivity index is 1.65. The number of nitrogens with zero attached hydrogens (tertiary/aromatic N) is 2. The van der Waals surface area contributed by atoms with Crippen molar-refractivity contribution < 1.29 is 14.3 Å². The van der Waals surface area contributed by atoms with Crippen LogP contribution in [0.3, 0.4) is 0 Å². The molecule has 3 N–H and O–H groups in total. The van der Waals surface area contributed by atoms with Crippen LogP contribution < -0.4 is 5.73 Å². The zero-order valence-electron chi connectivity index (χ0n) is 16.8. The first-order valence-electron chi connectivity index (χ1n) is 10.0. The Labute approximate surface area is 193 Å². The van der Waals surface area contributed by atoms with Crippen molar-refractivity contribution >= 4 is 57.0 Å². The van der Waals surface area contributed by atoms with E-state index in [0.717, 1.165) is 5.39 Å². The molecule has 162 valence electrons. The summed E-state index contributed by atoms with van der Waals surface area (Å²) in [5, 5.41) is 1.59. The van der Waals surface area contributed by atoms with Crippen LogP contribution >= 0.6 is 23.2 Å². The van der Waals surface area contributed by atoms with Crippen molar-refractivity contribution in [2.24, 2.45) is 5.73 Å². The van der Waals surface area contributed by atoms with E-state index in [1.165, 1.54) is 0 Å². The lowest BCUT2D eigenvalue weighted by Gasteiger charge is -2.26. The Bertz CT molecular complexity index is 1390. The summed E-state index contributed by atoms with van der Waals surface area (Å²) >= 11 is 12.2. The molecule has 1 saturated heterocycles. The summed E-state index contributed by atoms with van der Waals surface area (Å²) < 4.78 is 5.33. The monoisotopic (exact) mass is 468 g/mol. The van der Waals surface area contributed by atoms with Gasteiger partial charge in [0.15, 0.2) is 0 Å². The molecule has 0 radical (unpaired) electrons. The first-order valence-corrected chi connectivity index (χ1v) is 10.8. The van der Waals surface area contributed by atoms with Crippen molar-refractivity contribution in [2.45, 2.75) is 0 Å². The molecule has 4 aromatic rings. The normalized spacial score (nSPS) is 14.2. The highest BCUT2D eigenvalue weighted by Crippen LogP contribution is 2.33. The molecule has 1 aliphatic heterocycles. The van der Waals surface area contributed by atoms with Gasteiger partial charge in [-0.15, -0.1) is 0 Å². The third-order valence-corrected chi connectivity index (χ3v) is 6.32. The molecule has 3 heterocycles. The van der Waals surface area contributed by atoms with Crippen molar-refractivity contribution in [2.75, 3.05) is 26.3 Å². The first-order chi connectivity index (χ1) is 15.4. The van der Waals surface area contributed by atoms with Crippen molar-refractivity contribution in [1.82, 2.24) is 14.9 Å². The molecular formula is C23H18Cl2N4O3. The molecule has 0 atom stereocenters. The van der Waals surface area contributed by atoms with E-state index < -0.39 is 5.91 Å². The first kappa shape index (κ1) is 20.8. The molecule has 0 spiro atoms. The summed E-state index contributed by atoms with van der Waals surface area (Å²) in [6.45, 7) is 2.18. The number of hydrogen-bond acceptors (Lipinski definition) is 4. The Hall–Kier alpha value is -3.13. The molecule has 2 amide bonds. The number of nitrogens with two attached hydrogens (primary N) is 1. The summed E-state index contributed by atoms with van der Waals surface area (Å²) in [5.74, 6) is -0.650. The number of primary amides is 1. The maximum atomic E-state index is 12.9. The molecule has 2 aromatic heterocycles. The van der Waals surface area contributed by atoms with Crippen LogP contribution in [0, 0.1) is 0 Å². The zero-order valence-corrected chi connectivity index (χ0v) is 18.3. The number of amides is 2. The van der Waals surface area contributed by atoms with Gasteiger partial charge in [-0.3, -0.25) is 9.59 Å². The Morgan fingerprint density at radius 3 is 2.53 bits per heavy atom. The number of pyridine rings is 1. The number of benzene rings is 2. The van der Waals surface area contributed by atoms with Crippen LogP contribution in [0.25, 0.3) is 33.2 Å². The maximum Gasteiger partial charge on any atom is 0.254 e. The van der Waals surface area contributed by atoms with E-state index in [4.69, 9.17) is 38.7 Å². The molecule has 1 aliphatic rings. The number of ether oxygens (including phenoxy) is 1. The van der Waals surface area contributed by atoms with Crippen LogP contribution in [0.1, 0.15) is 20.7 Å². The Kier molecular flexibility index (Phi) is 5.25. The van der Waals surface area contributed by atoms with E-state index in [0.29, 0.717) is 75.3 Å². The van der Waals surface area contributed by atoms with E-state index in [2.05, 4.69) is 4.98 Å². The van der Waals surface area contributed by atoms with E-state index in [-0.39, 0.29) is 5.91 Å². The maximum absolute atomic E-state index is 12.9. The largest absolute Gasteiger partial charge is 0.378 e. The predicted octanol–water partition coefficient (Wildman–Crippen LogP) is 4.26. The average molecular weight is 469 g/mol. The molecule has 7 nitrogen and oxygen atoms in total. The van der Waals surface area contributed by atoms with Gasteiger partial charge >= 0.3 is 0 Å². The summed E-state index contributed by atoms with van der Waals surface area (Å²) in [6.07, 6.45) is 0. The minimum absolute atomic E-state index is 0.0616. The van der Waals surface area contributed by atoms with Gasteiger partial charge in [0.1, 0.15) is 0 Å². The standard InChI is InChI=1S/C23H18Cl2N4O3/c24-16-4-2-12(9-17(16)25)18-11-15(22(26)30)21-20(27-18)14-3-1-13(10-19(14)28-21)23(31)29-5-7-32-8-6-29/h1-4,9-11,28H,5-8H2,(H2,26,30). The molecule has 2 aromatic carbocycles. The van der Waals surface area contributed by atoms with Crippen LogP contribution in [0.2, 0.25) is 10.0 Å². The summed E-state index contributed by atoms with van der Waals surface area (Å²) in [5.41, 5.74) is 9.57. The lowest BCUT2D eigenvalue weighted by atomic mass is 10.1. The highest BCUT2D eigenvalue weighted by atomic mass is 35.5. The fourth-order valence-corrected chi connectivity index (χ4v) is 4.23. The number of halogens is 2. The highest BCUT2D eigenvalue weighted by molar-refractivity contribution is 6.42. The molecule has 9 heteroatoms. The van der Waals surface area contributed by atoms with E-state index in [1.807, 2.05) is 6.07 Å². The van der Waals surface area contributed by atoms with Gasteiger partial charge in [-0.25, -0.2) is 4.98 Å². The number of carbonyl (C=O) groups excluding carboxylic acids is 2. The minimum Gasteiger partial charge on any atom is -0.378 e. The van der Waals surface area contributed by atoms with Crippen LogP contribution in [0.5, 0.6) is 0 Å². The number of aromatic nitrogens is 2. The summed E-state index contributed by atoms with van der Waals surface area (Å²) in [7, 11) is 0. The molecular weight excluding hydrogens is 451 g/mol. The summed E-state index contributed by atoms with van der Waals surface area (Å²) in [6, 6.07) is 12.1. The molecule has 0 saturated carbocycles. The van der Waals surface area contributed by atoms with Gasteiger partial charge in [0.2, 0.25) is 0 Å². The number of morpholine rings is 1. The van der Waals surface area contributed by atoms with E-state index in [9.17, 15) is 9.59 Å². The lowest BCUT2D eigenvalue weighted by Crippen LogP contribution is -2.40. The van der Waals surface area contributed by atoms with Crippen molar-refractivity contribution in [3.63, 3.8) is 0 Å². The van der Waals surface area contributed by atoms with Crippen molar-refractivity contribution in [3.8, 4) is 11.3 Å². The Morgan fingerprint density at radius 1 is 1.03 bits per heavy atom. The third kappa shape index (κ3) is 3.58. The molecule has 0 bridgehead atoms. The molecule has 5 rings (SSSR count). The van der Waals surface area contributed by atoms with Crippen LogP contribution in [0.15, 0.2) is 42.5 Å². The zero-order chi connectivity index (χ0) is 22.4. The predicted molar refractivity (Wildman–Crippen MR) is 124 cm³/mol. The van der Waals surface area contributed by atoms with Gasteiger partial charge in [0.25, 0.3) is 11.8 Å². The number of hydrogen-bond donors (Lipinski definition) is 2. The number of H-pyrrole nitrogens is 1. The van der Waals surface area contributed by atoms with Gasteiger partial charge in [-0.05, 0) is 36.4 Å². The number of aromatic amines is 1. The van der Waals surface area contributed by atoms with Crippen LogP contribution in [0.4, 0.5) is 0 Å². The number of rotatable bonds is 3. The second-order valence-corrected chi connectivity index (χ2v) is 8.38. The van der Waals surface area contributed by atoms with Crippen molar-refractivity contribution in [1.29, 1.82) is 0 Å². The molecule has 1 fully saturated rings. The van der Waals surface area contributed by atoms with Crippen LogP contribution in [-0.2, 0) is 4.74 Å². The van der Waals surface area contributed by atoms with Gasteiger partial charge in [-0.2, -0.15) is 0 Å².